The molecule has 202 valence electrons. The van der Waals surface area contributed by atoms with Crippen LogP contribution in [0, 0.1) is 6.92 Å². The number of carbonyl (C=O) groups is 1. The highest BCUT2D eigenvalue weighted by Gasteiger charge is 2.32. The summed E-state index contributed by atoms with van der Waals surface area (Å²) in [5.74, 6) is -0.669. The van der Waals surface area contributed by atoms with E-state index in [1.807, 2.05) is 17.6 Å². The maximum absolute atomic E-state index is 13.0. The maximum atomic E-state index is 13.0. The van der Waals surface area contributed by atoms with E-state index >= 15 is 0 Å². The molecule has 0 radical (unpaired) electrons. The van der Waals surface area contributed by atoms with Crippen LogP contribution < -0.4 is 9.47 Å². The normalized spacial score (nSPS) is 12.3. The summed E-state index contributed by atoms with van der Waals surface area (Å²) in [6.45, 7) is 4.72. The van der Waals surface area contributed by atoms with E-state index < -0.39 is 17.9 Å². The monoisotopic (exact) mass is 558 g/mol. The molecule has 0 aliphatic carbocycles. The van der Waals surface area contributed by atoms with Gasteiger partial charge in [0.2, 0.25) is 0 Å². The van der Waals surface area contributed by atoms with E-state index in [0.29, 0.717) is 44.9 Å². The molecular formula is C28H22ClF3N2O5. The van der Waals surface area contributed by atoms with Gasteiger partial charge in [-0.1, -0.05) is 28.9 Å². The molecule has 0 saturated carbocycles. The number of nitrogens with zero attached hydrogens (tertiary/aromatic N) is 2. The molecule has 0 aliphatic rings. The second-order valence-corrected chi connectivity index (χ2v) is 9.95. The summed E-state index contributed by atoms with van der Waals surface area (Å²) in [6.07, 6.45) is -4.55. The molecule has 3 aromatic carbocycles. The van der Waals surface area contributed by atoms with Crippen molar-refractivity contribution in [3.63, 3.8) is 0 Å². The van der Waals surface area contributed by atoms with E-state index in [2.05, 4.69) is 9.89 Å². The van der Waals surface area contributed by atoms with Crippen LogP contribution in [-0.2, 0) is 11.2 Å². The number of hydrogen-bond acceptors (Lipinski definition) is 5. The quantitative estimate of drug-likeness (QED) is 0.223. The van der Waals surface area contributed by atoms with Gasteiger partial charge >= 0.3 is 12.3 Å². The molecule has 5 aromatic rings. The molecule has 2 heterocycles. The Hall–Kier alpha value is -4.18. The Kier molecular flexibility index (Phi) is 6.46. The van der Waals surface area contributed by atoms with E-state index in [9.17, 15) is 23.1 Å². The van der Waals surface area contributed by atoms with Gasteiger partial charge in [-0.15, -0.1) is 13.2 Å². The summed E-state index contributed by atoms with van der Waals surface area (Å²) in [5.41, 5.74) is 1.80. The first-order valence-corrected chi connectivity index (χ1v) is 12.2. The third-order valence-electron chi connectivity index (χ3n) is 6.33. The molecule has 11 heteroatoms. The third kappa shape index (κ3) is 5.24. The van der Waals surface area contributed by atoms with Gasteiger partial charge in [-0.2, -0.15) is 0 Å². The zero-order valence-corrected chi connectivity index (χ0v) is 21.7. The van der Waals surface area contributed by atoms with Gasteiger partial charge in [0.15, 0.2) is 17.0 Å². The van der Waals surface area contributed by atoms with Crippen LogP contribution in [0.15, 0.2) is 65.2 Å². The molecule has 0 fully saturated rings. The summed E-state index contributed by atoms with van der Waals surface area (Å²) in [4.78, 5) is 11.5. The summed E-state index contributed by atoms with van der Waals surface area (Å²) in [7, 11) is 0. The van der Waals surface area contributed by atoms with Crippen molar-refractivity contribution in [1.82, 2.24) is 9.72 Å². The zero-order chi connectivity index (χ0) is 28.1. The zero-order valence-electron chi connectivity index (χ0n) is 21.0. The Morgan fingerprint density at radius 2 is 1.77 bits per heavy atom. The lowest BCUT2D eigenvalue weighted by Gasteiger charge is -2.21. The Morgan fingerprint density at radius 3 is 2.49 bits per heavy atom. The number of rotatable bonds is 7. The number of halogens is 4. The Bertz CT molecular complexity index is 1720. The van der Waals surface area contributed by atoms with Gasteiger partial charge in [0.05, 0.1) is 10.9 Å². The Morgan fingerprint density at radius 1 is 1.03 bits per heavy atom. The number of carboxylic acids is 1. The van der Waals surface area contributed by atoms with Gasteiger partial charge in [-0.25, -0.2) is 4.79 Å². The molecule has 7 nitrogen and oxygen atoms in total. The van der Waals surface area contributed by atoms with Crippen molar-refractivity contribution in [3.05, 3.63) is 82.5 Å². The van der Waals surface area contributed by atoms with Gasteiger partial charge in [0.1, 0.15) is 11.5 Å². The van der Waals surface area contributed by atoms with Crippen molar-refractivity contribution in [2.45, 2.75) is 39.2 Å². The molecule has 0 spiro atoms. The smallest absolute Gasteiger partial charge is 0.478 e. The second kappa shape index (κ2) is 9.53. The first-order valence-electron chi connectivity index (χ1n) is 11.8. The lowest BCUT2D eigenvalue weighted by Crippen LogP contribution is -2.37. The number of aliphatic carboxylic acids is 1. The first-order chi connectivity index (χ1) is 18.3. The van der Waals surface area contributed by atoms with Crippen LogP contribution in [0.3, 0.4) is 0 Å². The summed E-state index contributed by atoms with van der Waals surface area (Å²) < 4.78 is 56.3. The number of benzene rings is 3. The third-order valence-corrected chi connectivity index (χ3v) is 6.57. The molecule has 39 heavy (non-hydrogen) atoms. The van der Waals surface area contributed by atoms with Crippen LogP contribution >= 0.6 is 11.6 Å². The van der Waals surface area contributed by atoms with Crippen molar-refractivity contribution in [2.24, 2.45) is 0 Å². The van der Waals surface area contributed by atoms with Gasteiger partial charge in [-0.05, 0) is 80.8 Å². The number of carboxylic acid groups (broad SMARTS) is 1. The molecule has 1 N–H and O–H groups in total. The van der Waals surface area contributed by atoms with Crippen molar-refractivity contribution in [2.75, 3.05) is 0 Å². The average Bonchev–Trinajstić information content (AvgIpc) is 3.35. The van der Waals surface area contributed by atoms with Crippen LogP contribution in [0.5, 0.6) is 11.5 Å². The fourth-order valence-electron chi connectivity index (χ4n) is 4.48. The molecule has 2 aromatic heterocycles. The van der Waals surface area contributed by atoms with E-state index in [0.717, 1.165) is 16.8 Å². The number of alkyl halides is 3. The minimum absolute atomic E-state index is 0.303. The predicted molar refractivity (Wildman–Crippen MR) is 139 cm³/mol. The molecule has 0 bridgehead atoms. The van der Waals surface area contributed by atoms with Gasteiger partial charge < -0.3 is 19.1 Å². The topological polar surface area (TPSA) is 86.7 Å². The van der Waals surface area contributed by atoms with Gasteiger partial charge in [0.25, 0.3) is 0 Å². The van der Waals surface area contributed by atoms with E-state index in [1.165, 1.54) is 32.0 Å². The van der Waals surface area contributed by atoms with Crippen molar-refractivity contribution < 1.29 is 37.1 Å². The lowest BCUT2D eigenvalue weighted by atomic mass is 10.0. The molecule has 0 aliphatic heterocycles. The van der Waals surface area contributed by atoms with E-state index in [-0.39, 0.29) is 5.75 Å². The maximum Gasteiger partial charge on any atom is 0.573 e. The Balaban J connectivity index is 1.65. The number of hydrogen-bond donors (Lipinski definition) is 1. The molecule has 0 atom stereocenters. The van der Waals surface area contributed by atoms with E-state index in [4.69, 9.17) is 20.9 Å². The van der Waals surface area contributed by atoms with Crippen molar-refractivity contribution in [1.29, 1.82) is 0 Å². The lowest BCUT2D eigenvalue weighted by molar-refractivity contribution is -0.274. The van der Waals surface area contributed by atoms with Crippen LogP contribution in [0.4, 0.5) is 13.2 Å². The first kappa shape index (κ1) is 26.4. The minimum atomic E-state index is -4.85. The largest absolute Gasteiger partial charge is 0.573 e. The SMILES string of the molecule is Cc1c(Cc2cccc(OC(C)(C)C(=O)O)c2)c2cc(OC(F)(F)F)ccc2n1-c1noc2cc(Cl)ccc12. The van der Waals surface area contributed by atoms with Crippen molar-refractivity contribution in [3.8, 4) is 17.3 Å². The second-order valence-electron chi connectivity index (χ2n) is 9.51. The van der Waals surface area contributed by atoms with Crippen LogP contribution in [0.25, 0.3) is 27.7 Å². The average molecular weight is 559 g/mol. The summed E-state index contributed by atoms with van der Waals surface area (Å²) in [6, 6.07) is 16.1. The number of ether oxygens (including phenoxy) is 2. The van der Waals surface area contributed by atoms with Crippen LogP contribution in [0.2, 0.25) is 5.02 Å². The van der Waals surface area contributed by atoms with Crippen LogP contribution in [0.1, 0.15) is 30.7 Å². The fourth-order valence-corrected chi connectivity index (χ4v) is 4.64. The standard InChI is InChI=1S/C28H22ClF3N2O5/c1-15-21(12-16-5-4-6-18(11-16)37-27(2,3)26(35)36)22-14-19(38-28(30,31)32)8-10-23(22)34(15)25-20-9-7-17(29)13-24(20)39-33-25/h4-11,13-14H,12H2,1-3H3,(H,35,36). The van der Waals surface area contributed by atoms with Gasteiger partial charge in [-0.3, -0.25) is 4.57 Å². The Labute approximate surface area is 225 Å². The fraction of sp³-hybridized carbons (Fsp3) is 0.214. The molecular weight excluding hydrogens is 537 g/mol. The van der Waals surface area contributed by atoms with Gasteiger partial charge in [0, 0.05) is 22.2 Å². The minimum Gasteiger partial charge on any atom is -0.478 e. The molecule has 0 amide bonds. The van der Waals surface area contributed by atoms with Crippen LogP contribution in [-0.4, -0.2) is 32.8 Å². The molecule has 0 unspecified atom stereocenters. The van der Waals surface area contributed by atoms with Crippen molar-refractivity contribution >= 4 is 39.4 Å². The molecule has 5 rings (SSSR count). The predicted octanol–water partition coefficient (Wildman–Crippen LogP) is 7.46. The summed E-state index contributed by atoms with van der Waals surface area (Å²) >= 11 is 6.09. The molecule has 0 saturated heterocycles. The highest BCUT2D eigenvalue weighted by molar-refractivity contribution is 6.31. The number of aromatic nitrogens is 2. The van der Waals surface area contributed by atoms with E-state index in [1.54, 1.807) is 36.4 Å². The highest BCUT2D eigenvalue weighted by Crippen LogP contribution is 2.37. The highest BCUT2D eigenvalue weighted by atomic mass is 35.5. The summed E-state index contributed by atoms with van der Waals surface area (Å²) in [5, 5.41) is 15.3. The number of fused-ring (bicyclic) bond motifs is 2.